The predicted octanol–water partition coefficient (Wildman–Crippen LogP) is 15.5. The van der Waals surface area contributed by atoms with Crippen molar-refractivity contribution in [3.8, 4) is 44.9 Å². The maximum atomic E-state index is 7.50. The largest absolute Gasteiger partial charge is 0.452 e. The Labute approximate surface area is 339 Å². The van der Waals surface area contributed by atoms with Crippen molar-refractivity contribution in [3.63, 3.8) is 0 Å². The van der Waals surface area contributed by atoms with Gasteiger partial charge in [0, 0.05) is 39.0 Å². The molecule has 3 nitrogen and oxygen atoms in total. The van der Waals surface area contributed by atoms with Crippen LogP contribution in [0.3, 0.4) is 0 Å². The molecule has 0 saturated heterocycles. The van der Waals surface area contributed by atoms with Crippen molar-refractivity contribution in [2.45, 2.75) is 19.3 Å². The highest BCUT2D eigenvalue weighted by atomic mass is 16.5. The van der Waals surface area contributed by atoms with E-state index >= 15 is 0 Å². The van der Waals surface area contributed by atoms with E-state index in [2.05, 4.69) is 230 Å². The molecule has 3 heteroatoms. The highest BCUT2D eigenvalue weighted by Crippen LogP contribution is 2.59. The van der Waals surface area contributed by atoms with Gasteiger partial charge in [-0.05, 0) is 93.4 Å². The zero-order valence-electron chi connectivity index (χ0n) is 32.4. The second kappa shape index (κ2) is 13.4. The molecular formula is C55H40N2O. The molecule has 0 aromatic heterocycles. The summed E-state index contributed by atoms with van der Waals surface area (Å²) in [5.41, 5.74) is 15.9. The van der Waals surface area contributed by atoms with Crippen molar-refractivity contribution in [3.05, 3.63) is 217 Å². The number of rotatable bonds is 7. The molecule has 0 saturated carbocycles. The zero-order valence-corrected chi connectivity index (χ0v) is 32.4. The van der Waals surface area contributed by atoms with Gasteiger partial charge in [-0.15, -0.1) is 0 Å². The number of anilines is 6. The number of nitrogens with zero attached hydrogens (tertiary/aromatic N) is 2. The molecule has 0 atom stereocenters. The molecule has 2 aliphatic rings. The molecule has 58 heavy (non-hydrogen) atoms. The summed E-state index contributed by atoms with van der Waals surface area (Å²) in [5.74, 6) is 1.66. The molecule has 0 amide bonds. The first-order valence-electron chi connectivity index (χ1n) is 20.0. The van der Waals surface area contributed by atoms with Gasteiger partial charge in [-0.2, -0.15) is 0 Å². The molecule has 11 rings (SSSR count). The molecule has 0 spiro atoms. The fourth-order valence-corrected chi connectivity index (χ4v) is 9.31. The highest BCUT2D eigenvalue weighted by molar-refractivity contribution is 6.10. The van der Waals surface area contributed by atoms with Crippen LogP contribution in [-0.4, -0.2) is 0 Å². The molecular weight excluding hydrogens is 705 g/mol. The van der Waals surface area contributed by atoms with Crippen LogP contribution in [0.15, 0.2) is 206 Å². The summed E-state index contributed by atoms with van der Waals surface area (Å²) in [4.78, 5) is 4.73. The summed E-state index contributed by atoms with van der Waals surface area (Å²) >= 11 is 0. The van der Waals surface area contributed by atoms with Crippen LogP contribution in [0.4, 0.5) is 34.1 Å². The lowest BCUT2D eigenvalue weighted by atomic mass is 9.82. The Morgan fingerprint density at radius 3 is 1.64 bits per heavy atom. The average molecular weight is 745 g/mol. The molecule has 0 unspecified atom stereocenters. The lowest BCUT2D eigenvalue weighted by molar-refractivity contribution is 0.489. The van der Waals surface area contributed by atoms with Crippen molar-refractivity contribution in [2.24, 2.45) is 0 Å². The quantitative estimate of drug-likeness (QED) is 0.162. The fraction of sp³-hybridized carbons (Fsp3) is 0.0545. The van der Waals surface area contributed by atoms with E-state index in [-0.39, 0.29) is 5.41 Å². The Morgan fingerprint density at radius 1 is 0.362 bits per heavy atom. The van der Waals surface area contributed by atoms with Crippen LogP contribution in [0.5, 0.6) is 11.5 Å². The van der Waals surface area contributed by atoms with Crippen molar-refractivity contribution in [2.75, 3.05) is 9.80 Å². The summed E-state index contributed by atoms with van der Waals surface area (Å²) in [5, 5.41) is 2.24. The van der Waals surface area contributed by atoms with Gasteiger partial charge in [0.2, 0.25) is 0 Å². The van der Waals surface area contributed by atoms with Crippen LogP contribution in [0, 0.1) is 0 Å². The smallest absolute Gasteiger partial charge is 0.160 e. The second-order valence-corrected chi connectivity index (χ2v) is 15.7. The van der Waals surface area contributed by atoms with Gasteiger partial charge in [-0.1, -0.05) is 166 Å². The van der Waals surface area contributed by atoms with Gasteiger partial charge >= 0.3 is 0 Å². The van der Waals surface area contributed by atoms with E-state index in [1.807, 2.05) is 0 Å². The summed E-state index contributed by atoms with van der Waals surface area (Å²) in [6.45, 7) is 4.69. The van der Waals surface area contributed by atoms with Crippen LogP contribution in [0.2, 0.25) is 0 Å². The van der Waals surface area contributed by atoms with E-state index in [4.69, 9.17) is 4.74 Å². The van der Waals surface area contributed by atoms with Crippen molar-refractivity contribution < 1.29 is 4.74 Å². The first kappa shape index (κ1) is 33.9. The first-order chi connectivity index (χ1) is 28.6. The maximum Gasteiger partial charge on any atom is 0.160 e. The van der Waals surface area contributed by atoms with E-state index in [1.165, 1.54) is 33.4 Å². The van der Waals surface area contributed by atoms with Gasteiger partial charge in [0.15, 0.2) is 11.5 Å². The molecule has 1 aliphatic carbocycles. The van der Waals surface area contributed by atoms with Crippen LogP contribution in [-0.2, 0) is 5.41 Å². The minimum absolute atomic E-state index is 0.154. The number of hydrogen-bond acceptors (Lipinski definition) is 3. The van der Waals surface area contributed by atoms with E-state index in [9.17, 15) is 0 Å². The molecule has 9 aromatic carbocycles. The molecule has 0 N–H and O–H groups in total. The van der Waals surface area contributed by atoms with Crippen LogP contribution in [0.1, 0.15) is 25.0 Å². The Balaban J connectivity index is 1.17. The van der Waals surface area contributed by atoms with Gasteiger partial charge in [-0.25, -0.2) is 0 Å². The lowest BCUT2D eigenvalue weighted by Crippen LogP contribution is -2.17. The van der Waals surface area contributed by atoms with Crippen LogP contribution >= 0.6 is 0 Å². The first-order valence-corrected chi connectivity index (χ1v) is 20.0. The zero-order chi connectivity index (χ0) is 38.8. The maximum absolute atomic E-state index is 7.50. The summed E-state index contributed by atoms with van der Waals surface area (Å²) in [6.07, 6.45) is 0. The van der Waals surface area contributed by atoms with E-state index in [0.29, 0.717) is 0 Å². The normalized spacial score (nSPS) is 12.9. The molecule has 0 radical (unpaired) electrons. The predicted molar refractivity (Wildman–Crippen MR) is 242 cm³/mol. The Bertz CT molecular complexity index is 2950. The summed E-state index contributed by atoms with van der Waals surface area (Å²) in [7, 11) is 0. The third-order valence-corrected chi connectivity index (χ3v) is 12.0. The van der Waals surface area contributed by atoms with Gasteiger partial charge in [0.25, 0.3) is 0 Å². The van der Waals surface area contributed by atoms with E-state index < -0.39 is 0 Å². The molecule has 9 aromatic rings. The number of para-hydroxylation sites is 3. The summed E-state index contributed by atoms with van der Waals surface area (Å²) < 4.78 is 7.50. The van der Waals surface area contributed by atoms with E-state index in [0.717, 1.165) is 67.5 Å². The fourth-order valence-electron chi connectivity index (χ4n) is 9.31. The van der Waals surface area contributed by atoms with Gasteiger partial charge in [0.1, 0.15) is 0 Å². The number of hydrogen-bond donors (Lipinski definition) is 0. The molecule has 1 heterocycles. The van der Waals surface area contributed by atoms with Gasteiger partial charge < -0.3 is 14.5 Å². The topological polar surface area (TPSA) is 15.7 Å². The van der Waals surface area contributed by atoms with Crippen molar-refractivity contribution in [1.82, 2.24) is 0 Å². The third kappa shape index (κ3) is 5.28. The summed E-state index contributed by atoms with van der Waals surface area (Å²) in [6, 6.07) is 74.0. The minimum Gasteiger partial charge on any atom is -0.452 e. The standard InChI is InChI=1S/C55H40N2O/c1-55(2)46-27-13-12-24-45(46)52-47(55)28-16-29-48(52)57(42-34-31-38(32-35-42)37-17-6-3-7-18-37)50-36-33-39-19-14-25-43-44-26-15-30-49(53(44)58-54(50)51(39)43)56(40-20-8-4-9-21-40)41-22-10-5-11-23-41/h3-36H,1-2H3. The Morgan fingerprint density at radius 2 is 0.897 bits per heavy atom. The Kier molecular flexibility index (Phi) is 7.84. The molecule has 1 aliphatic heterocycles. The Hall–Kier alpha value is -7.36. The van der Waals surface area contributed by atoms with Crippen molar-refractivity contribution >= 4 is 44.9 Å². The number of fused-ring (bicyclic) bond motifs is 5. The van der Waals surface area contributed by atoms with Crippen LogP contribution < -0.4 is 14.5 Å². The SMILES string of the molecule is CC1(C)c2ccccc2-c2c(N(c3ccc(-c4ccccc4)cc3)c3ccc4cccc5c4c3Oc3c-5cccc3N(c3ccccc3)c3ccccc3)cccc21. The average Bonchev–Trinajstić information content (AvgIpc) is 3.52. The second-order valence-electron chi connectivity index (χ2n) is 15.7. The van der Waals surface area contributed by atoms with E-state index in [1.54, 1.807) is 0 Å². The minimum atomic E-state index is -0.154. The molecule has 0 fully saturated rings. The van der Waals surface area contributed by atoms with Gasteiger partial charge in [-0.3, -0.25) is 0 Å². The number of benzene rings is 9. The molecule has 276 valence electrons. The van der Waals surface area contributed by atoms with Crippen LogP contribution in [0.25, 0.3) is 44.2 Å². The van der Waals surface area contributed by atoms with Crippen molar-refractivity contribution in [1.29, 1.82) is 0 Å². The monoisotopic (exact) mass is 744 g/mol. The number of ether oxygens (including phenoxy) is 1. The third-order valence-electron chi connectivity index (χ3n) is 12.0. The highest BCUT2D eigenvalue weighted by Gasteiger charge is 2.38. The lowest BCUT2D eigenvalue weighted by Gasteiger charge is -2.34. The molecule has 0 bridgehead atoms. The van der Waals surface area contributed by atoms with Gasteiger partial charge in [0.05, 0.1) is 17.1 Å².